The third-order valence-electron chi connectivity index (χ3n) is 3.42. The number of terminal acetylenes is 1. The molecule has 128 valence electrons. The topological polar surface area (TPSA) is 113 Å². The van der Waals surface area contributed by atoms with Gasteiger partial charge < -0.3 is 5.32 Å². The molecule has 2 rings (SSSR count). The highest BCUT2D eigenvalue weighted by molar-refractivity contribution is 7.92. The summed E-state index contributed by atoms with van der Waals surface area (Å²) in [5, 5.41) is 10.5. The fraction of sp³-hybridized carbons (Fsp3) is 0.467. The normalized spacial score (nSPS) is 14.6. The fourth-order valence-electron chi connectivity index (χ4n) is 2.03. The SMILES string of the molecule is C#CCCC1(CCC(=O)NCCS(=O)(=O)Nc2ccccn2)N=N1. The highest BCUT2D eigenvalue weighted by Crippen LogP contribution is 2.37. The minimum Gasteiger partial charge on any atom is -0.355 e. The Labute approximate surface area is 141 Å². The number of aromatic nitrogens is 1. The third-order valence-corrected chi connectivity index (χ3v) is 4.68. The van der Waals surface area contributed by atoms with E-state index in [4.69, 9.17) is 6.42 Å². The van der Waals surface area contributed by atoms with Crippen molar-refractivity contribution in [3.8, 4) is 12.3 Å². The molecule has 1 amide bonds. The second-order valence-corrected chi connectivity index (χ2v) is 7.21. The van der Waals surface area contributed by atoms with Crippen LogP contribution in [0.25, 0.3) is 0 Å². The number of amides is 1. The molecule has 8 nitrogen and oxygen atoms in total. The van der Waals surface area contributed by atoms with Crippen LogP contribution in [0.3, 0.4) is 0 Å². The number of carbonyl (C=O) groups is 1. The van der Waals surface area contributed by atoms with Gasteiger partial charge in [-0.2, -0.15) is 10.2 Å². The van der Waals surface area contributed by atoms with Gasteiger partial charge in [0.15, 0.2) is 5.66 Å². The number of hydrogen-bond donors (Lipinski definition) is 2. The van der Waals surface area contributed by atoms with Crippen molar-refractivity contribution in [1.82, 2.24) is 10.3 Å². The van der Waals surface area contributed by atoms with Crippen LogP contribution in [0.1, 0.15) is 25.7 Å². The summed E-state index contributed by atoms with van der Waals surface area (Å²) in [5.41, 5.74) is -0.504. The molecule has 0 unspecified atom stereocenters. The Morgan fingerprint density at radius 3 is 2.71 bits per heavy atom. The van der Waals surface area contributed by atoms with E-state index in [0.717, 1.165) is 0 Å². The molecule has 2 N–H and O–H groups in total. The van der Waals surface area contributed by atoms with E-state index >= 15 is 0 Å². The molecule has 0 bridgehead atoms. The summed E-state index contributed by atoms with van der Waals surface area (Å²) in [7, 11) is -3.56. The summed E-state index contributed by atoms with van der Waals surface area (Å²) >= 11 is 0. The summed E-state index contributed by atoms with van der Waals surface area (Å²) in [6, 6.07) is 4.91. The van der Waals surface area contributed by atoms with Crippen molar-refractivity contribution in [3.63, 3.8) is 0 Å². The van der Waals surface area contributed by atoms with E-state index in [0.29, 0.717) is 19.3 Å². The van der Waals surface area contributed by atoms with Crippen molar-refractivity contribution in [2.24, 2.45) is 10.2 Å². The monoisotopic (exact) mass is 349 g/mol. The van der Waals surface area contributed by atoms with Gasteiger partial charge in [0.1, 0.15) is 5.82 Å². The van der Waals surface area contributed by atoms with E-state index in [-0.39, 0.29) is 30.4 Å². The maximum atomic E-state index is 11.9. The molecule has 0 saturated carbocycles. The minimum absolute atomic E-state index is 0.0205. The zero-order chi connectivity index (χ0) is 17.5. The van der Waals surface area contributed by atoms with Gasteiger partial charge in [0.25, 0.3) is 0 Å². The molecule has 0 fully saturated rings. The molecule has 1 aliphatic rings. The first-order valence-electron chi connectivity index (χ1n) is 7.50. The molecule has 24 heavy (non-hydrogen) atoms. The van der Waals surface area contributed by atoms with Crippen LogP contribution in [0.15, 0.2) is 34.6 Å². The predicted octanol–water partition coefficient (Wildman–Crippen LogP) is 1.30. The second kappa shape index (κ2) is 7.88. The lowest BCUT2D eigenvalue weighted by Crippen LogP contribution is -2.32. The average Bonchev–Trinajstić information content (AvgIpc) is 3.32. The minimum atomic E-state index is -3.56. The van der Waals surface area contributed by atoms with Gasteiger partial charge in [-0.05, 0) is 12.1 Å². The van der Waals surface area contributed by atoms with Gasteiger partial charge in [-0.15, -0.1) is 12.3 Å². The average molecular weight is 349 g/mol. The number of carbonyl (C=O) groups excluding carboxylic acids is 1. The van der Waals surface area contributed by atoms with E-state index in [1.165, 1.54) is 6.20 Å². The van der Waals surface area contributed by atoms with Gasteiger partial charge in [-0.1, -0.05) is 6.07 Å². The first-order valence-corrected chi connectivity index (χ1v) is 9.16. The molecule has 0 radical (unpaired) electrons. The zero-order valence-corrected chi connectivity index (χ0v) is 13.9. The van der Waals surface area contributed by atoms with Crippen LogP contribution in [-0.2, 0) is 14.8 Å². The number of hydrogen-bond acceptors (Lipinski definition) is 6. The molecule has 9 heteroatoms. The Morgan fingerprint density at radius 2 is 2.08 bits per heavy atom. The van der Waals surface area contributed by atoms with Crippen LogP contribution >= 0.6 is 0 Å². The number of nitrogens with zero attached hydrogens (tertiary/aromatic N) is 3. The smallest absolute Gasteiger partial charge is 0.235 e. The number of rotatable bonds is 10. The molecule has 1 aromatic heterocycles. The molecule has 0 spiro atoms. The molecule has 2 heterocycles. The lowest BCUT2D eigenvalue weighted by atomic mass is 10.0. The van der Waals surface area contributed by atoms with E-state index in [1.54, 1.807) is 18.2 Å². The number of pyridine rings is 1. The highest BCUT2D eigenvalue weighted by Gasteiger charge is 2.39. The number of nitrogens with one attached hydrogen (secondary N) is 2. The first kappa shape index (κ1) is 17.9. The molecule has 1 aliphatic heterocycles. The van der Waals surface area contributed by atoms with Gasteiger partial charge in [-0.3, -0.25) is 9.52 Å². The maximum Gasteiger partial charge on any atom is 0.235 e. The van der Waals surface area contributed by atoms with E-state index in [9.17, 15) is 13.2 Å². The standard InChI is InChI=1S/C15H19N5O3S/c1-2-3-8-15(19-20-15)9-7-14(21)17-11-12-24(22,23)18-13-6-4-5-10-16-13/h1,4-6,10H,3,7-9,11-12H2,(H,16,18)(H,17,21). The van der Waals surface area contributed by atoms with E-state index in [2.05, 4.69) is 31.2 Å². The second-order valence-electron chi connectivity index (χ2n) is 5.37. The summed E-state index contributed by atoms with van der Waals surface area (Å²) < 4.78 is 26.1. The molecule has 0 aromatic carbocycles. The van der Waals surface area contributed by atoms with Crippen LogP contribution in [-0.4, -0.2) is 37.3 Å². The predicted molar refractivity (Wildman–Crippen MR) is 89.5 cm³/mol. The van der Waals surface area contributed by atoms with Crippen molar-refractivity contribution in [2.75, 3.05) is 17.0 Å². The molecular weight excluding hydrogens is 330 g/mol. The molecular formula is C15H19N5O3S. The highest BCUT2D eigenvalue weighted by atomic mass is 32.2. The Kier molecular flexibility index (Phi) is 5.87. The Hall–Kier alpha value is -2.47. The van der Waals surface area contributed by atoms with Crippen molar-refractivity contribution in [2.45, 2.75) is 31.3 Å². The largest absolute Gasteiger partial charge is 0.355 e. The van der Waals surface area contributed by atoms with Crippen LogP contribution in [0.5, 0.6) is 0 Å². The summed E-state index contributed by atoms with van der Waals surface area (Å²) in [6.07, 6.45) is 8.60. The summed E-state index contributed by atoms with van der Waals surface area (Å²) in [5.74, 6) is 2.30. The van der Waals surface area contributed by atoms with Crippen LogP contribution < -0.4 is 10.0 Å². The van der Waals surface area contributed by atoms with Crippen LogP contribution in [0, 0.1) is 12.3 Å². The molecule has 0 saturated heterocycles. The summed E-state index contributed by atoms with van der Waals surface area (Å²) in [4.78, 5) is 15.7. The Balaban J connectivity index is 1.66. The lowest BCUT2D eigenvalue weighted by Gasteiger charge is -2.10. The lowest BCUT2D eigenvalue weighted by molar-refractivity contribution is -0.121. The van der Waals surface area contributed by atoms with Crippen LogP contribution in [0.4, 0.5) is 5.82 Å². The third kappa shape index (κ3) is 5.96. The van der Waals surface area contributed by atoms with Gasteiger partial charge in [0.05, 0.1) is 5.75 Å². The van der Waals surface area contributed by atoms with E-state index < -0.39 is 15.7 Å². The molecule has 0 aliphatic carbocycles. The van der Waals surface area contributed by atoms with E-state index in [1.807, 2.05) is 0 Å². The van der Waals surface area contributed by atoms with Gasteiger partial charge in [0.2, 0.25) is 15.9 Å². The van der Waals surface area contributed by atoms with Crippen molar-refractivity contribution in [1.29, 1.82) is 0 Å². The number of anilines is 1. The summed E-state index contributed by atoms with van der Waals surface area (Å²) in [6.45, 7) is 0.0205. The van der Waals surface area contributed by atoms with Crippen molar-refractivity contribution < 1.29 is 13.2 Å². The molecule has 1 aromatic rings. The maximum absolute atomic E-state index is 11.9. The molecule has 0 atom stereocenters. The van der Waals surface area contributed by atoms with Crippen molar-refractivity contribution in [3.05, 3.63) is 24.4 Å². The zero-order valence-electron chi connectivity index (χ0n) is 13.1. The van der Waals surface area contributed by atoms with Gasteiger partial charge >= 0.3 is 0 Å². The fourth-order valence-corrected chi connectivity index (χ4v) is 2.94. The van der Waals surface area contributed by atoms with Crippen LogP contribution in [0.2, 0.25) is 0 Å². The Morgan fingerprint density at radius 1 is 1.29 bits per heavy atom. The quantitative estimate of drug-likeness (QED) is 0.620. The Bertz CT molecular complexity index is 734. The van der Waals surface area contributed by atoms with Crippen molar-refractivity contribution >= 4 is 21.7 Å². The van der Waals surface area contributed by atoms with Gasteiger partial charge in [0, 0.05) is 38.4 Å². The number of sulfonamides is 1. The first-order chi connectivity index (χ1) is 11.4. The van der Waals surface area contributed by atoms with Gasteiger partial charge in [-0.25, -0.2) is 13.4 Å².